The molecule has 3 nitrogen and oxygen atoms in total. The van der Waals surface area contributed by atoms with Crippen LogP contribution in [0.5, 0.6) is 0 Å². The number of nitrogens with zero attached hydrogens (tertiary/aromatic N) is 1. The lowest BCUT2D eigenvalue weighted by molar-refractivity contribution is 0.208. The number of nitrogens with one attached hydrogen (secondary N) is 1. The van der Waals surface area contributed by atoms with Crippen molar-refractivity contribution in [2.24, 2.45) is 5.92 Å². The second-order valence-electron chi connectivity index (χ2n) is 4.91. The Balaban J connectivity index is 2.25. The smallest absolute Gasteiger partial charge is 0.0642 e. The Morgan fingerprint density at radius 3 is 3.06 bits per heavy atom. The van der Waals surface area contributed by atoms with Crippen molar-refractivity contribution in [3.8, 4) is 0 Å². The normalized spacial score (nSPS) is 20.2. The summed E-state index contributed by atoms with van der Waals surface area (Å²) in [6.45, 7) is 3.01. The highest BCUT2D eigenvalue weighted by Gasteiger charge is 2.22. The predicted octanol–water partition coefficient (Wildman–Crippen LogP) is 2.27. The van der Waals surface area contributed by atoms with Crippen LogP contribution in [0.2, 0.25) is 5.02 Å². The summed E-state index contributed by atoms with van der Waals surface area (Å²) in [5.41, 5.74) is 2.36. The van der Waals surface area contributed by atoms with Gasteiger partial charge in [-0.2, -0.15) is 0 Å². The van der Waals surface area contributed by atoms with Crippen molar-refractivity contribution < 1.29 is 5.11 Å². The predicted molar refractivity (Wildman–Crippen MR) is 76.2 cm³/mol. The van der Waals surface area contributed by atoms with Gasteiger partial charge in [0.25, 0.3) is 0 Å². The van der Waals surface area contributed by atoms with E-state index in [1.165, 1.54) is 5.56 Å². The SMILES string of the molecule is CNCc1cccc(Cl)c1N1CCCC(CO)C1. The van der Waals surface area contributed by atoms with Crippen molar-refractivity contribution in [2.75, 3.05) is 31.6 Å². The average molecular weight is 269 g/mol. The average Bonchev–Trinajstić information content (AvgIpc) is 2.39. The van der Waals surface area contributed by atoms with E-state index in [4.69, 9.17) is 11.6 Å². The molecule has 0 amide bonds. The summed E-state index contributed by atoms with van der Waals surface area (Å²) in [4.78, 5) is 2.32. The molecule has 2 rings (SSSR count). The molecule has 0 aliphatic carbocycles. The van der Waals surface area contributed by atoms with Crippen molar-refractivity contribution in [3.63, 3.8) is 0 Å². The molecule has 1 aliphatic heterocycles. The van der Waals surface area contributed by atoms with Crippen molar-refractivity contribution in [3.05, 3.63) is 28.8 Å². The van der Waals surface area contributed by atoms with Gasteiger partial charge in [0.05, 0.1) is 10.7 Å². The molecule has 1 unspecified atom stereocenters. The van der Waals surface area contributed by atoms with Crippen molar-refractivity contribution in [1.82, 2.24) is 5.32 Å². The summed E-state index contributed by atoms with van der Waals surface area (Å²) < 4.78 is 0. The van der Waals surface area contributed by atoms with Gasteiger partial charge in [0.1, 0.15) is 0 Å². The molecule has 1 aromatic rings. The maximum Gasteiger partial charge on any atom is 0.0642 e. The maximum absolute atomic E-state index is 9.33. The Kier molecular flexibility index (Phi) is 4.87. The zero-order chi connectivity index (χ0) is 13.0. The lowest BCUT2D eigenvalue weighted by atomic mass is 9.97. The molecule has 0 spiro atoms. The fourth-order valence-electron chi connectivity index (χ4n) is 2.66. The van der Waals surface area contributed by atoms with E-state index in [2.05, 4.69) is 16.3 Å². The van der Waals surface area contributed by atoms with Gasteiger partial charge in [-0.25, -0.2) is 0 Å². The number of hydrogen-bond donors (Lipinski definition) is 2. The van der Waals surface area contributed by atoms with Crippen LogP contribution in [0, 0.1) is 5.92 Å². The summed E-state index contributed by atoms with van der Waals surface area (Å²) in [6.07, 6.45) is 2.23. The van der Waals surface area contributed by atoms with Gasteiger partial charge in [0, 0.05) is 26.2 Å². The van der Waals surface area contributed by atoms with Gasteiger partial charge < -0.3 is 15.3 Å². The number of halogens is 1. The second kappa shape index (κ2) is 6.41. The number of aliphatic hydroxyl groups excluding tert-OH is 1. The van der Waals surface area contributed by atoms with Crippen LogP contribution >= 0.6 is 11.6 Å². The maximum atomic E-state index is 9.33. The molecule has 0 saturated carbocycles. The second-order valence-corrected chi connectivity index (χ2v) is 5.32. The van der Waals surface area contributed by atoms with Gasteiger partial charge >= 0.3 is 0 Å². The standard InChI is InChI=1S/C14H21ClN2O/c1-16-8-12-5-2-6-13(15)14(12)17-7-3-4-11(9-17)10-18/h2,5-6,11,16,18H,3-4,7-10H2,1H3. The fourth-order valence-corrected chi connectivity index (χ4v) is 2.98. The number of anilines is 1. The number of piperidine rings is 1. The Morgan fingerprint density at radius 1 is 1.50 bits per heavy atom. The van der Waals surface area contributed by atoms with Crippen LogP contribution in [0.4, 0.5) is 5.69 Å². The molecule has 0 radical (unpaired) electrons. The van der Waals surface area contributed by atoms with Crippen LogP contribution in [0.3, 0.4) is 0 Å². The lowest BCUT2D eigenvalue weighted by Crippen LogP contribution is -2.37. The first-order chi connectivity index (χ1) is 8.76. The highest BCUT2D eigenvalue weighted by molar-refractivity contribution is 6.33. The molecule has 1 aromatic carbocycles. The Labute approximate surface area is 114 Å². The van der Waals surface area contributed by atoms with E-state index >= 15 is 0 Å². The molecular formula is C14H21ClN2O. The molecule has 18 heavy (non-hydrogen) atoms. The number of hydrogen-bond acceptors (Lipinski definition) is 3. The van der Waals surface area contributed by atoms with Gasteiger partial charge in [0.15, 0.2) is 0 Å². The summed E-state index contributed by atoms with van der Waals surface area (Å²) in [5.74, 6) is 0.373. The first-order valence-corrected chi connectivity index (χ1v) is 6.92. The van der Waals surface area contributed by atoms with Gasteiger partial charge in [-0.15, -0.1) is 0 Å². The molecule has 1 heterocycles. The third-order valence-corrected chi connectivity index (χ3v) is 3.84. The molecular weight excluding hydrogens is 248 g/mol. The van der Waals surface area contributed by atoms with E-state index in [9.17, 15) is 5.11 Å². The minimum atomic E-state index is 0.266. The first-order valence-electron chi connectivity index (χ1n) is 6.54. The molecule has 2 N–H and O–H groups in total. The van der Waals surface area contributed by atoms with E-state index in [0.29, 0.717) is 5.92 Å². The van der Waals surface area contributed by atoms with Gasteiger partial charge in [-0.3, -0.25) is 0 Å². The van der Waals surface area contributed by atoms with Crippen LogP contribution in [0.1, 0.15) is 18.4 Å². The highest BCUT2D eigenvalue weighted by atomic mass is 35.5. The fraction of sp³-hybridized carbons (Fsp3) is 0.571. The third-order valence-electron chi connectivity index (χ3n) is 3.53. The zero-order valence-corrected chi connectivity index (χ0v) is 11.6. The molecule has 4 heteroatoms. The summed E-state index contributed by atoms with van der Waals surface area (Å²) in [7, 11) is 1.94. The van der Waals surface area contributed by atoms with E-state index < -0.39 is 0 Å². The largest absolute Gasteiger partial charge is 0.396 e. The molecule has 100 valence electrons. The van der Waals surface area contributed by atoms with Gasteiger partial charge in [-0.05, 0) is 37.4 Å². The Bertz CT molecular complexity index is 397. The van der Waals surface area contributed by atoms with Crippen LogP contribution < -0.4 is 10.2 Å². The number of benzene rings is 1. The highest BCUT2D eigenvalue weighted by Crippen LogP contribution is 2.33. The number of aliphatic hydroxyl groups is 1. The zero-order valence-electron chi connectivity index (χ0n) is 10.8. The van der Waals surface area contributed by atoms with Crippen LogP contribution in [0.15, 0.2) is 18.2 Å². The first kappa shape index (κ1) is 13.7. The minimum absolute atomic E-state index is 0.266. The number of para-hydroxylation sites is 1. The van der Waals surface area contributed by atoms with Crippen molar-refractivity contribution in [1.29, 1.82) is 0 Å². The molecule has 1 aliphatic rings. The summed E-state index contributed by atoms with van der Waals surface area (Å²) in [6, 6.07) is 6.05. The molecule has 1 fully saturated rings. The third kappa shape index (κ3) is 2.97. The molecule has 1 atom stereocenters. The minimum Gasteiger partial charge on any atom is -0.396 e. The Hall–Kier alpha value is -0.770. The van der Waals surface area contributed by atoms with E-state index in [1.807, 2.05) is 19.2 Å². The van der Waals surface area contributed by atoms with Crippen molar-refractivity contribution >= 4 is 17.3 Å². The van der Waals surface area contributed by atoms with Gasteiger partial charge in [0.2, 0.25) is 0 Å². The van der Waals surface area contributed by atoms with Crippen LogP contribution in [-0.4, -0.2) is 31.9 Å². The monoisotopic (exact) mass is 268 g/mol. The molecule has 1 saturated heterocycles. The van der Waals surface area contributed by atoms with Crippen LogP contribution in [0.25, 0.3) is 0 Å². The van der Waals surface area contributed by atoms with Crippen LogP contribution in [-0.2, 0) is 6.54 Å². The van der Waals surface area contributed by atoms with E-state index in [1.54, 1.807) is 0 Å². The summed E-state index contributed by atoms with van der Waals surface area (Å²) in [5, 5.41) is 13.3. The Morgan fingerprint density at radius 2 is 2.33 bits per heavy atom. The van der Waals surface area contributed by atoms with E-state index in [-0.39, 0.29) is 6.61 Å². The van der Waals surface area contributed by atoms with Gasteiger partial charge in [-0.1, -0.05) is 23.7 Å². The number of rotatable bonds is 4. The van der Waals surface area contributed by atoms with Crippen molar-refractivity contribution in [2.45, 2.75) is 19.4 Å². The molecule has 0 aromatic heterocycles. The topological polar surface area (TPSA) is 35.5 Å². The lowest BCUT2D eigenvalue weighted by Gasteiger charge is -2.35. The van der Waals surface area contributed by atoms with E-state index in [0.717, 1.165) is 43.2 Å². The quantitative estimate of drug-likeness (QED) is 0.879. The summed E-state index contributed by atoms with van der Waals surface area (Å²) >= 11 is 6.36. The molecule has 0 bridgehead atoms.